The summed E-state index contributed by atoms with van der Waals surface area (Å²) in [5, 5.41) is 11.4. The Morgan fingerprint density at radius 1 is 1.38 bits per heavy atom. The maximum Gasteiger partial charge on any atom is 0.273 e. The molecule has 1 amide bonds. The number of rotatable bonds is 2. The maximum atomic E-state index is 12.8. The van der Waals surface area contributed by atoms with E-state index >= 15 is 0 Å². The highest BCUT2D eigenvalue weighted by molar-refractivity contribution is 5.95. The lowest BCUT2D eigenvalue weighted by molar-refractivity contribution is -0.386. The molecule has 0 aromatic heterocycles. The minimum absolute atomic E-state index is 0.00563. The predicted molar refractivity (Wildman–Crippen MR) is 92.3 cm³/mol. The second-order valence-electron chi connectivity index (χ2n) is 8.11. The summed E-state index contributed by atoms with van der Waals surface area (Å²) in [6, 6.07) is 4.78. The van der Waals surface area contributed by atoms with E-state index in [2.05, 4.69) is 0 Å². The van der Waals surface area contributed by atoms with Crippen LogP contribution < -0.4 is 0 Å². The smallest absolute Gasteiger partial charge is 0.273 e. The summed E-state index contributed by atoms with van der Waals surface area (Å²) in [4.78, 5) is 25.6. The quantitative estimate of drug-likeness (QED) is 0.612. The van der Waals surface area contributed by atoms with Gasteiger partial charge < -0.3 is 9.64 Å². The molecule has 0 bridgehead atoms. The van der Waals surface area contributed by atoms with E-state index < -0.39 is 10.5 Å². The van der Waals surface area contributed by atoms with E-state index in [1.807, 2.05) is 41.5 Å². The standard InChI is InChI=1S/C18H26N2O4/c1-12-10-19(11-18(5,6)24-12)16(21)13-7-8-14(17(2,3)4)15(9-13)20(22)23/h7-9,12H,10-11H2,1-6H3. The zero-order valence-electron chi connectivity index (χ0n) is 15.3. The summed E-state index contributed by atoms with van der Waals surface area (Å²) < 4.78 is 5.81. The van der Waals surface area contributed by atoms with Gasteiger partial charge in [0.25, 0.3) is 11.6 Å². The average molecular weight is 334 g/mol. The number of morpholine rings is 1. The van der Waals surface area contributed by atoms with Crippen molar-refractivity contribution in [3.8, 4) is 0 Å². The first kappa shape index (κ1) is 18.4. The van der Waals surface area contributed by atoms with Crippen LogP contribution in [-0.2, 0) is 10.2 Å². The van der Waals surface area contributed by atoms with Gasteiger partial charge >= 0.3 is 0 Å². The molecule has 0 radical (unpaired) electrons. The van der Waals surface area contributed by atoms with Crippen molar-refractivity contribution < 1.29 is 14.5 Å². The topological polar surface area (TPSA) is 72.7 Å². The summed E-state index contributed by atoms with van der Waals surface area (Å²) in [5.74, 6) is -0.193. The average Bonchev–Trinajstić information content (AvgIpc) is 2.42. The van der Waals surface area contributed by atoms with E-state index in [1.54, 1.807) is 17.0 Å². The van der Waals surface area contributed by atoms with E-state index in [1.165, 1.54) is 6.07 Å². The fourth-order valence-electron chi connectivity index (χ4n) is 3.24. The zero-order valence-corrected chi connectivity index (χ0v) is 15.3. The summed E-state index contributed by atoms with van der Waals surface area (Å²) >= 11 is 0. The summed E-state index contributed by atoms with van der Waals surface area (Å²) in [6.07, 6.45) is -0.0680. The molecule has 6 nitrogen and oxygen atoms in total. The lowest BCUT2D eigenvalue weighted by Gasteiger charge is -2.41. The first-order valence-electron chi connectivity index (χ1n) is 8.17. The van der Waals surface area contributed by atoms with Gasteiger partial charge in [0.05, 0.1) is 16.6 Å². The highest BCUT2D eigenvalue weighted by Crippen LogP contribution is 2.32. The Labute approximate surface area is 142 Å². The highest BCUT2D eigenvalue weighted by Gasteiger charge is 2.35. The lowest BCUT2D eigenvalue weighted by Crippen LogP contribution is -2.53. The molecule has 1 aliphatic rings. The molecule has 1 unspecified atom stereocenters. The van der Waals surface area contributed by atoms with Crippen molar-refractivity contribution in [2.45, 2.75) is 58.7 Å². The third-order valence-electron chi connectivity index (χ3n) is 4.11. The molecule has 1 aromatic carbocycles. The molecule has 0 spiro atoms. The van der Waals surface area contributed by atoms with Crippen LogP contribution in [0.25, 0.3) is 0 Å². The molecular weight excluding hydrogens is 308 g/mol. The van der Waals surface area contributed by atoms with Crippen molar-refractivity contribution in [1.29, 1.82) is 0 Å². The van der Waals surface area contributed by atoms with Gasteiger partial charge in [-0.2, -0.15) is 0 Å². The van der Waals surface area contributed by atoms with Gasteiger partial charge in [-0.25, -0.2) is 0 Å². The summed E-state index contributed by atoms with van der Waals surface area (Å²) in [5.41, 5.74) is 0.178. The van der Waals surface area contributed by atoms with Crippen molar-refractivity contribution in [3.05, 3.63) is 39.4 Å². The van der Waals surface area contributed by atoms with Crippen LogP contribution >= 0.6 is 0 Å². The normalized spacial score (nSPS) is 20.8. The zero-order chi connectivity index (χ0) is 18.3. The molecule has 6 heteroatoms. The first-order chi connectivity index (χ1) is 10.9. The molecule has 1 heterocycles. The van der Waals surface area contributed by atoms with Crippen LogP contribution in [0.15, 0.2) is 18.2 Å². The van der Waals surface area contributed by atoms with Crippen LogP contribution in [0.5, 0.6) is 0 Å². The Bertz CT molecular complexity index is 661. The van der Waals surface area contributed by atoms with Gasteiger partial charge in [0.2, 0.25) is 0 Å². The molecule has 24 heavy (non-hydrogen) atoms. The second kappa shape index (κ2) is 6.16. The Morgan fingerprint density at radius 3 is 2.50 bits per heavy atom. The van der Waals surface area contributed by atoms with Crippen molar-refractivity contribution in [1.82, 2.24) is 4.90 Å². The van der Waals surface area contributed by atoms with Crippen LogP contribution in [0.2, 0.25) is 0 Å². The van der Waals surface area contributed by atoms with Gasteiger partial charge in [0, 0.05) is 30.3 Å². The molecule has 2 rings (SSSR count). The van der Waals surface area contributed by atoms with Crippen molar-refractivity contribution in [2.75, 3.05) is 13.1 Å². The van der Waals surface area contributed by atoms with Crippen LogP contribution in [0, 0.1) is 10.1 Å². The molecule has 1 aliphatic heterocycles. The molecular formula is C18H26N2O4. The van der Waals surface area contributed by atoms with Crippen molar-refractivity contribution in [2.24, 2.45) is 0 Å². The number of benzene rings is 1. The fourth-order valence-corrected chi connectivity index (χ4v) is 3.24. The van der Waals surface area contributed by atoms with E-state index in [4.69, 9.17) is 4.74 Å². The van der Waals surface area contributed by atoms with Gasteiger partial charge in [-0.15, -0.1) is 0 Å². The minimum Gasteiger partial charge on any atom is -0.369 e. The number of carbonyl (C=O) groups excluding carboxylic acids is 1. The Morgan fingerprint density at radius 2 is 2.00 bits per heavy atom. The SMILES string of the molecule is CC1CN(C(=O)c2ccc(C(C)(C)C)c([N+](=O)[O-])c2)CC(C)(C)O1. The number of hydrogen-bond donors (Lipinski definition) is 0. The fraction of sp³-hybridized carbons (Fsp3) is 0.611. The van der Waals surface area contributed by atoms with Gasteiger partial charge in [0.15, 0.2) is 0 Å². The van der Waals surface area contributed by atoms with Crippen molar-refractivity contribution >= 4 is 11.6 Å². The van der Waals surface area contributed by atoms with E-state index in [0.717, 1.165) is 0 Å². The van der Waals surface area contributed by atoms with Crippen LogP contribution in [-0.4, -0.2) is 40.5 Å². The van der Waals surface area contributed by atoms with Gasteiger partial charge in [-0.1, -0.05) is 26.8 Å². The molecule has 0 saturated carbocycles. The van der Waals surface area contributed by atoms with Gasteiger partial charge in [-0.05, 0) is 32.3 Å². The molecule has 132 valence electrons. The van der Waals surface area contributed by atoms with Crippen molar-refractivity contribution in [3.63, 3.8) is 0 Å². The third kappa shape index (κ3) is 3.93. The summed E-state index contributed by atoms with van der Waals surface area (Å²) in [7, 11) is 0. The predicted octanol–water partition coefficient (Wildman–Crippen LogP) is 3.53. The maximum absolute atomic E-state index is 12.8. The second-order valence-corrected chi connectivity index (χ2v) is 8.11. The number of nitro benzene ring substituents is 1. The van der Waals surface area contributed by atoms with E-state index in [9.17, 15) is 14.9 Å². The lowest BCUT2D eigenvalue weighted by atomic mass is 9.85. The number of amides is 1. The monoisotopic (exact) mass is 334 g/mol. The third-order valence-corrected chi connectivity index (χ3v) is 4.11. The molecule has 1 aromatic rings. The minimum atomic E-state index is -0.426. The van der Waals surface area contributed by atoms with Crippen LogP contribution in [0.4, 0.5) is 5.69 Å². The number of hydrogen-bond acceptors (Lipinski definition) is 4. The highest BCUT2D eigenvalue weighted by atomic mass is 16.6. The Hall–Kier alpha value is -1.95. The molecule has 1 fully saturated rings. The molecule has 0 N–H and O–H groups in total. The Kier molecular flexibility index (Phi) is 4.72. The molecule has 1 atom stereocenters. The number of nitrogens with zero attached hydrogens (tertiary/aromatic N) is 2. The van der Waals surface area contributed by atoms with Crippen LogP contribution in [0.1, 0.15) is 57.5 Å². The summed E-state index contributed by atoms with van der Waals surface area (Å²) in [6.45, 7) is 12.5. The molecule has 0 aliphatic carbocycles. The van der Waals surface area contributed by atoms with E-state index in [-0.39, 0.29) is 23.1 Å². The first-order valence-corrected chi connectivity index (χ1v) is 8.17. The van der Waals surface area contributed by atoms with Gasteiger partial charge in [0.1, 0.15) is 0 Å². The number of ether oxygens (including phenoxy) is 1. The largest absolute Gasteiger partial charge is 0.369 e. The van der Waals surface area contributed by atoms with Gasteiger partial charge in [-0.3, -0.25) is 14.9 Å². The molecule has 1 saturated heterocycles. The number of nitro groups is 1. The van der Waals surface area contributed by atoms with Crippen LogP contribution in [0.3, 0.4) is 0 Å². The van der Waals surface area contributed by atoms with E-state index in [0.29, 0.717) is 24.2 Å². The Balaban J connectivity index is 2.37. The number of carbonyl (C=O) groups is 1.